The SMILES string of the molecule is CC1N(C)c2cc(NC(=O)c3cccs3)c(P(=O)(Nc3ccccc3[N+](=O)[O-])N3CCOCC3)cc2C1(C)C. The highest BCUT2D eigenvalue weighted by Crippen LogP contribution is 2.54. The third-order valence-corrected chi connectivity index (χ3v) is 11.5. The van der Waals surface area contributed by atoms with E-state index in [9.17, 15) is 14.9 Å². The van der Waals surface area contributed by atoms with E-state index in [2.05, 4.69) is 36.1 Å². The van der Waals surface area contributed by atoms with Gasteiger partial charge in [-0.25, -0.2) is 4.67 Å². The topological polar surface area (TPSA) is 117 Å². The lowest BCUT2D eigenvalue weighted by Crippen LogP contribution is -2.40. The number of morpholine rings is 1. The molecule has 3 heterocycles. The van der Waals surface area contributed by atoms with Crippen molar-refractivity contribution in [2.75, 3.05) is 48.7 Å². The fourth-order valence-corrected chi connectivity index (χ4v) is 8.43. The number of nitrogens with zero attached hydrogens (tertiary/aromatic N) is 3. The van der Waals surface area contributed by atoms with E-state index in [1.807, 2.05) is 24.6 Å². The van der Waals surface area contributed by atoms with Gasteiger partial charge in [-0.15, -0.1) is 11.3 Å². The molecule has 5 rings (SSSR count). The van der Waals surface area contributed by atoms with E-state index in [1.165, 1.54) is 17.4 Å². The molecule has 2 aliphatic heterocycles. The van der Waals surface area contributed by atoms with Crippen molar-refractivity contribution in [3.05, 3.63) is 74.5 Å². The number of hydrogen-bond donors (Lipinski definition) is 2. The summed E-state index contributed by atoms with van der Waals surface area (Å²) in [5.41, 5.74) is 2.05. The van der Waals surface area contributed by atoms with Gasteiger partial charge in [0.25, 0.3) is 19.0 Å². The molecule has 0 bridgehead atoms. The number of thiophene rings is 1. The predicted octanol–water partition coefficient (Wildman–Crippen LogP) is 5.29. The summed E-state index contributed by atoms with van der Waals surface area (Å²) >= 11 is 1.32. The minimum atomic E-state index is -3.77. The molecular weight excluding hydrogens is 537 g/mol. The van der Waals surface area contributed by atoms with Crippen LogP contribution in [0.3, 0.4) is 0 Å². The molecule has 0 aliphatic carbocycles. The Bertz CT molecular complexity index is 1450. The molecule has 39 heavy (non-hydrogen) atoms. The van der Waals surface area contributed by atoms with Gasteiger partial charge in [-0.2, -0.15) is 0 Å². The van der Waals surface area contributed by atoms with Gasteiger partial charge in [-0.05, 0) is 42.1 Å². The zero-order chi connectivity index (χ0) is 27.9. The van der Waals surface area contributed by atoms with Gasteiger partial charge in [0.15, 0.2) is 0 Å². The average molecular weight is 570 g/mol. The predicted molar refractivity (Wildman–Crippen MR) is 156 cm³/mol. The van der Waals surface area contributed by atoms with Crippen LogP contribution in [0.25, 0.3) is 0 Å². The number of nitrogens with one attached hydrogen (secondary N) is 2. The lowest BCUT2D eigenvalue weighted by Gasteiger charge is -2.36. The first-order chi connectivity index (χ1) is 18.5. The molecule has 1 aromatic heterocycles. The number of hydrogen-bond acceptors (Lipinski definition) is 7. The minimum absolute atomic E-state index is 0.148. The Kier molecular flexibility index (Phi) is 7.28. The van der Waals surface area contributed by atoms with Crippen molar-refractivity contribution in [1.82, 2.24) is 4.67 Å². The van der Waals surface area contributed by atoms with Gasteiger partial charge >= 0.3 is 0 Å². The number of carbonyl (C=O) groups excluding carboxylic acids is 1. The van der Waals surface area contributed by atoms with Gasteiger partial charge in [0.2, 0.25) is 0 Å². The molecule has 206 valence electrons. The lowest BCUT2D eigenvalue weighted by molar-refractivity contribution is -0.383. The Morgan fingerprint density at radius 1 is 1.15 bits per heavy atom. The molecule has 12 heteroatoms. The van der Waals surface area contributed by atoms with Crippen molar-refractivity contribution in [2.45, 2.75) is 32.2 Å². The summed E-state index contributed by atoms with van der Waals surface area (Å²) in [6.07, 6.45) is 0. The first-order valence-corrected chi connectivity index (χ1v) is 15.3. The van der Waals surface area contributed by atoms with Gasteiger partial charge in [0.05, 0.1) is 34.0 Å². The van der Waals surface area contributed by atoms with Crippen LogP contribution in [0.2, 0.25) is 0 Å². The quantitative estimate of drug-likeness (QED) is 0.224. The number of amides is 1. The fraction of sp³-hybridized carbons (Fsp3) is 0.370. The van der Waals surface area contributed by atoms with Crippen molar-refractivity contribution in [3.63, 3.8) is 0 Å². The zero-order valence-corrected chi connectivity index (χ0v) is 24.1. The van der Waals surface area contributed by atoms with E-state index in [1.54, 1.807) is 35.0 Å². The van der Waals surface area contributed by atoms with Gasteiger partial charge in [0, 0.05) is 43.3 Å². The van der Waals surface area contributed by atoms with E-state index >= 15 is 4.57 Å². The van der Waals surface area contributed by atoms with Crippen LogP contribution in [0, 0.1) is 10.1 Å². The summed E-state index contributed by atoms with van der Waals surface area (Å²) in [6.45, 7) is 7.88. The second-order valence-electron chi connectivity index (χ2n) is 10.4. The lowest BCUT2D eigenvalue weighted by atomic mass is 9.81. The third kappa shape index (κ3) is 4.84. The maximum atomic E-state index is 15.4. The molecule has 0 saturated carbocycles. The molecule has 1 saturated heterocycles. The van der Waals surface area contributed by atoms with E-state index in [-0.39, 0.29) is 28.7 Å². The van der Waals surface area contributed by atoms with E-state index in [0.717, 1.165) is 11.3 Å². The first kappa shape index (κ1) is 27.3. The Morgan fingerprint density at radius 2 is 1.87 bits per heavy atom. The summed E-state index contributed by atoms with van der Waals surface area (Å²) in [4.78, 5) is 27.3. The zero-order valence-electron chi connectivity index (χ0n) is 22.3. The molecular formula is C27H32N5O5PS. The molecule has 10 nitrogen and oxygen atoms in total. The number of likely N-dealkylation sites (N-methyl/N-ethyl adjacent to an activating group) is 1. The summed E-state index contributed by atoms with van der Waals surface area (Å²) in [5, 5.41) is 20.2. The summed E-state index contributed by atoms with van der Waals surface area (Å²) in [5.74, 6) is -0.307. The van der Waals surface area contributed by atoms with Crippen LogP contribution < -0.4 is 20.6 Å². The Morgan fingerprint density at radius 3 is 2.54 bits per heavy atom. The maximum absolute atomic E-state index is 15.4. The smallest absolute Gasteiger partial charge is 0.292 e. The number of carbonyl (C=O) groups is 1. The number of fused-ring (bicyclic) bond motifs is 1. The average Bonchev–Trinajstić information content (AvgIpc) is 3.52. The van der Waals surface area contributed by atoms with Crippen LogP contribution >= 0.6 is 18.8 Å². The number of anilines is 3. The van der Waals surface area contributed by atoms with E-state index in [0.29, 0.717) is 42.2 Å². The molecule has 1 fully saturated rings. The normalized spacial score (nSPS) is 20.2. The number of ether oxygens (including phenoxy) is 1. The minimum Gasteiger partial charge on any atom is -0.379 e. The van der Waals surface area contributed by atoms with Crippen LogP contribution in [0.1, 0.15) is 36.0 Å². The van der Waals surface area contributed by atoms with Crippen LogP contribution in [0.4, 0.5) is 22.7 Å². The molecule has 3 aromatic rings. The van der Waals surface area contributed by atoms with Crippen LogP contribution in [-0.2, 0) is 14.7 Å². The Labute approximate surface area is 231 Å². The maximum Gasteiger partial charge on any atom is 0.292 e. The van der Waals surface area contributed by atoms with Crippen molar-refractivity contribution in [2.24, 2.45) is 0 Å². The van der Waals surface area contributed by atoms with Crippen molar-refractivity contribution in [3.8, 4) is 0 Å². The Hall–Kier alpha value is -3.24. The second kappa shape index (κ2) is 10.4. The van der Waals surface area contributed by atoms with E-state index < -0.39 is 12.4 Å². The van der Waals surface area contributed by atoms with Crippen LogP contribution in [-0.4, -0.2) is 54.9 Å². The molecule has 0 radical (unpaired) electrons. The molecule has 2 N–H and O–H groups in total. The van der Waals surface area contributed by atoms with Crippen molar-refractivity contribution >= 4 is 52.7 Å². The summed E-state index contributed by atoms with van der Waals surface area (Å²) in [7, 11) is -1.76. The monoisotopic (exact) mass is 569 g/mol. The molecule has 2 unspecified atom stereocenters. The molecule has 0 spiro atoms. The molecule has 2 atom stereocenters. The van der Waals surface area contributed by atoms with Crippen molar-refractivity contribution in [1.29, 1.82) is 0 Å². The molecule has 2 aromatic carbocycles. The number of benzene rings is 2. The number of rotatable bonds is 7. The van der Waals surface area contributed by atoms with Gasteiger partial charge in [0.1, 0.15) is 5.69 Å². The highest BCUT2D eigenvalue weighted by atomic mass is 32.1. The fourth-order valence-electron chi connectivity index (χ4n) is 5.25. The third-order valence-electron chi connectivity index (χ3n) is 7.89. The summed E-state index contributed by atoms with van der Waals surface area (Å²) < 4.78 is 22.7. The van der Waals surface area contributed by atoms with E-state index in [4.69, 9.17) is 4.74 Å². The van der Waals surface area contributed by atoms with Crippen LogP contribution in [0.15, 0.2) is 53.9 Å². The van der Waals surface area contributed by atoms with Gasteiger partial charge in [-0.1, -0.05) is 32.0 Å². The van der Waals surface area contributed by atoms with Gasteiger partial charge < -0.3 is 20.0 Å². The molecule has 1 amide bonds. The largest absolute Gasteiger partial charge is 0.379 e. The first-order valence-electron chi connectivity index (χ1n) is 12.8. The van der Waals surface area contributed by atoms with Gasteiger partial charge in [-0.3, -0.25) is 19.5 Å². The van der Waals surface area contributed by atoms with Crippen molar-refractivity contribution < 1.29 is 19.0 Å². The molecule has 2 aliphatic rings. The Balaban J connectivity index is 1.72. The van der Waals surface area contributed by atoms with Crippen LogP contribution in [0.5, 0.6) is 0 Å². The highest BCUT2D eigenvalue weighted by molar-refractivity contribution is 7.71. The summed E-state index contributed by atoms with van der Waals surface area (Å²) in [6, 6.07) is 13.7. The number of para-hydroxylation sites is 2. The highest BCUT2D eigenvalue weighted by Gasteiger charge is 2.44. The number of nitro groups is 1. The standard InChI is InChI=1S/C27H32N5O5PS/c1-18-27(2,3)19-16-24(21(17-23(19)30(18)4)28-26(33)25-10-7-15-39-25)38(36,31-11-13-37-14-12-31)29-20-8-5-6-9-22(20)32(34)35/h5-10,15-18H,11-14H2,1-4H3,(H,28,33)(H,29,36). The number of nitro benzene ring substituents is 1. The second-order valence-corrected chi connectivity index (χ2v) is 13.7.